The van der Waals surface area contributed by atoms with Crippen molar-refractivity contribution in [1.29, 1.82) is 0 Å². The first-order valence-corrected chi connectivity index (χ1v) is 4.96. The van der Waals surface area contributed by atoms with Crippen LogP contribution in [0.25, 0.3) is 0 Å². The third kappa shape index (κ3) is 2.69. The molecule has 0 radical (unpaired) electrons. The molecule has 84 valence electrons. The summed E-state index contributed by atoms with van der Waals surface area (Å²) < 4.78 is 10.5. The lowest BCUT2D eigenvalue weighted by atomic mass is 10.2. The fourth-order valence-corrected chi connectivity index (χ4v) is 1.37. The van der Waals surface area contributed by atoms with E-state index in [-0.39, 0.29) is 12.4 Å². The van der Waals surface area contributed by atoms with Gasteiger partial charge >= 0.3 is 0 Å². The van der Waals surface area contributed by atoms with Crippen LogP contribution < -0.4 is 14.8 Å². The molecule has 0 fully saturated rings. The molecular weight excluding hydrogens is 214 g/mol. The topological polar surface area (TPSA) is 30.5 Å². The maximum Gasteiger partial charge on any atom is 0.231 e. The van der Waals surface area contributed by atoms with Crippen molar-refractivity contribution < 1.29 is 9.47 Å². The highest BCUT2D eigenvalue weighted by molar-refractivity contribution is 5.85. The third-order valence-corrected chi connectivity index (χ3v) is 2.40. The lowest BCUT2D eigenvalue weighted by Gasteiger charge is -2.12. The third-order valence-electron chi connectivity index (χ3n) is 2.40. The van der Waals surface area contributed by atoms with Gasteiger partial charge in [-0.2, -0.15) is 0 Å². The van der Waals surface area contributed by atoms with E-state index in [0.717, 1.165) is 23.6 Å². The van der Waals surface area contributed by atoms with E-state index < -0.39 is 0 Å². The summed E-state index contributed by atoms with van der Waals surface area (Å²) in [5.41, 5.74) is 1.09. The number of fused-ring (bicyclic) bond motifs is 1. The molecule has 0 amide bonds. The second-order valence-corrected chi connectivity index (χ2v) is 3.52. The van der Waals surface area contributed by atoms with Crippen LogP contribution in [0.1, 0.15) is 20.3 Å². The van der Waals surface area contributed by atoms with Gasteiger partial charge in [-0.25, -0.2) is 0 Å². The predicted molar refractivity (Wildman–Crippen MR) is 63.2 cm³/mol. The first-order chi connectivity index (χ1) is 6.79. The Morgan fingerprint density at radius 1 is 1.33 bits per heavy atom. The molecular formula is C11H16ClNO2. The van der Waals surface area contributed by atoms with Gasteiger partial charge in [0, 0.05) is 17.8 Å². The van der Waals surface area contributed by atoms with Crippen LogP contribution in [0.3, 0.4) is 0 Å². The molecule has 0 aliphatic carbocycles. The molecule has 0 spiro atoms. The van der Waals surface area contributed by atoms with Gasteiger partial charge in [-0.05, 0) is 25.5 Å². The average molecular weight is 230 g/mol. The van der Waals surface area contributed by atoms with Crippen molar-refractivity contribution in [3.63, 3.8) is 0 Å². The summed E-state index contributed by atoms with van der Waals surface area (Å²) in [7, 11) is 0. The van der Waals surface area contributed by atoms with Gasteiger partial charge in [-0.3, -0.25) is 0 Å². The maximum absolute atomic E-state index is 5.29. The van der Waals surface area contributed by atoms with Gasteiger partial charge in [0.25, 0.3) is 0 Å². The Morgan fingerprint density at radius 3 is 2.80 bits per heavy atom. The molecule has 1 atom stereocenters. The van der Waals surface area contributed by atoms with Crippen LogP contribution in [0.5, 0.6) is 11.5 Å². The van der Waals surface area contributed by atoms with Gasteiger partial charge in [0.15, 0.2) is 11.5 Å². The summed E-state index contributed by atoms with van der Waals surface area (Å²) in [6.45, 7) is 4.65. The van der Waals surface area contributed by atoms with Gasteiger partial charge in [0.2, 0.25) is 6.79 Å². The molecule has 2 rings (SSSR count). The minimum absolute atomic E-state index is 0. The molecule has 1 aliphatic rings. The first-order valence-electron chi connectivity index (χ1n) is 4.96. The monoisotopic (exact) mass is 229 g/mol. The number of halogens is 1. The molecule has 1 aliphatic heterocycles. The fourth-order valence-electron chi connectivity index (χ4n) is 1.37. The summed E-state index contributed by atoms with van der Waals surface area (Å²) >= 11 is 0. The summed E-state index contributed by atoms with van der Waals surface area (Å²) in [5, 5.41) is 3.39. The van der Waals surface area contributed by atoms with Gasteiger partial charge in [0.1, 0.15) is 0 Å². The van der Waals surface area contributed by atoms with Crippen LogP contribution in [-0.4, -0.2) is 12.8 Å². The van der Waals surface area contributed by atoms with E-state index in [4.69, 9.17) is 9.47 Å². The van der Waals surface area contributed by atoms with Gasteiger partial charge in [-0.15, -0.1) is 12.4 Å². The Balaban J connectivity index is 0.00000112. The van der Waals surface area contributed by atoms with E-state index in [1.54, 1.807) is 0 Å². The molecule has 1 heterocycles. The van der Waals surface area contributed by atoms with Crippen LogP contribution >= 0.6 is 12.4 Å². The average Bonchev–Trinajstić information content (AvgIpc) is 2.64. The van der Waals surface area contributed by atoms with E-state index in [2.05, 4.69) is 19.2 Å². The molecule has 0 aromatic heterocycles. The molecule has 15 heavy (non-hydrogen) atoms. The van der Waals surface area contributed by atoms with Crippen molar-refractivity contribution in [2.24, 2.45) is 0 Å². The Bertz CT molecular complexity index is 330. The smallest absolute Gasteiger partial charge is 0.231 e. The normalized spacial score (nSPS) is 14.3. The Labute approximate surface area is 96.2 Å². The molecule has 1 N–H and O–H groups in total. The van der Waals surface area contributed by atoms with Crippen LogP contribution in [0.15, 0.2) is 18.2 Å². The highest BCUT2D eigenvalue weighted by atomic mass is 35.5. The summed E-state index contributed by atoms with van der Waals surface area (Å²) in [4.78, 5) is 0. The predicted octanol–water partition coefficient (Wildman–Crippen LogP) is 3.05. The largest absolute Gasteiger partial charge is 0.454 e. The van der Waals surface area contributed by atoms with Crippen molar-refractivity contribution in [3.8, 4) is 11.5 Å². The number of hydrogen-bond donors (Lipinski definition) is 1. The van der Waals surface area contributed by atoms with Crippen LogP contribution in [0, 0.1) is 0 Å². The zero-order valence-corrected chi connectivity index (χ0v) is 9.76. The van der Waals surface area contributed by atoms with Crippen molar-refractivity contribution in [3.05, 3.63) is 18.2 Å². The number of hydrogen-bond acceptors (Lipinski definition) is 3. The molecule has 0 bridgehead atoms. The molecule has 4 heteroatoms. The number of ether oxygens (including phenoxy) is 2. The second kappa shape index (κ2) is 5.12. The van der Waals surface area contributed by atoms with E-state index in [1.165, 1.54) is 0 Å². The van der Waals surface area contributed by atoms with E-state index in [9.17, 15) is 0 Å². The molecule has 1 aromatic carbocycles. The SMILES string of the molecule is CCC(C)Nc1ccc2c(c1)OCO2.Cl. The minimum Gasteiger partial charge on any atom is -0.454 e. The number of rotatable bonds is 3. The second-order valence-electron chi connectivity index (χ2n) is 3.52. The highest BCUT2D eigenvalue weighted by Gasteiger charge is 2.13. The zero-order chi connectivity index (χ0) is 9.97. The highest BCUT2D eigenvalue weighted by Crippen LogP contribution is 2.34. The Hall–Kier alpha value is -1.09. The maximum atomic E-state index is 5.29. The van der Waals surface area contributed by atoms with Crippen LogP contribution in [0.4, 0.5) is 5.69 Å². The van der Waals surface area contributed by atoms with E-state index in [1.807, 2.05) is 18.2 Å². The van der Waals surface area contributed by atoms with Crippen LogP contribution in [0.2, 0.25) is 0 Å². The number of nitrogens with one attached hydrogen (secondary N) is 1. The zero-order valence-electron chi connectivity index (χ0n) is 8.95. The molecule has 0 saturated heterocycles. The number of anilines is 1. The van der Waals surface area contributed by atoms with Crippen LogP contribution in [-0.2, 0) is 0 Å². The van der Waals surface area contributed by atoms with Crippen molar-refractivity contribution >= 4 is 18.1 Å². The van der Waals surface area contributed by atoms with Crippen molar-refractivity contribution in [2.75, 3.05) is 12.1 Å². The standard InChI is InChI=1S/C11H15NO2.ClH/c1-3-8(2)12-9-4-5-10-11(6-9)14-7-13-10;/h4-6,8,12H,3,7H2,1-2H3;1H. The van der Waals surface area contributed by atoms with Gasteiger partial charge in [0.05, 0.1) is 0 Å². The quantitative estimate of drug-likeness (QED) is 0.864. The first kappa shape index (κ1) is 12.0. The number of benzene rings is 1. The van der Waals surface area contributed by atoms with E-state index >= 15 is 0 Å². The van der Waals surface area contributed by atoms with Crippen molar-refractivity contribution in [1.82, 2.24) is 0 Å². The summed E-state index contributed by atoms with van der Waals surface area (Å²) in [5.74, 6) is 1.66. The summed E-state index contributed by atoms with van der Waals surface area (Å²) in [6, 6.07) is 6.41. The molecule has 1 aromatic rings. The Kier molecular flexibility index (Phi) is 4.09. The fraction of sp³-hybridized carbons (Fsp3) is 0.455. The Morgan fingerprint density at radius 2 is 2.07 bits per heavy atom. The lowest BCUT2D eigenvalue weighted by molar-refractivity contribution is 0.174. The van der Waals surface area contributed by atoms with Gasteiger partial charge in [-0.1, -0.05) is 6.92 Å². The summed E-state index contributed by atoms with van der Waals surface area (Å²) in [6.07, 6.45) is 1.11. The van der Waals surface area contributed by atoms with E-state index in [0.29, 0.717) is 12.8 Å². The lowest BCUT2D eigenvalue weighted by Crippen LogP contribution is -2.12. The molecule has 1 unspecified atom stereocenters. The minimum atomic E-state index is 0. The molecule has 0 saturated carbocycles. The molecule has 3 nitrogen and oxygen atoms in total. The van der Waals surface area contributed by atoms with Gasteiger partial charge < -0.3 is 14.8 Å². The van der Waals surface area contributed by atoms with Crippen molar-refractivity contribution in [2.45, 2.75) is 26.3 Å².